The Morgan fingerprint density at radius 2 is 2.12 bits per heavy atom. The SMILES string of the molecule is CNCc1ccc(Cl)cc1SCCC(C)C. The van der Waals surface area contributed by atoms with Crippen molar-refractivity contribution in [3.63, 3.8) is 0 Å². The minimum absolute atomic E-state index is 0.763. The molecule has 0 saturated carbocycles. The van der Waals surface area contributed by atoms with E-state index in [9.17, 15) is 0 Å². The van der Waals surface area contributed by atoms with E-state index in [-0.39, 0.29) is 0 Å². The fourth-order valence-electron chi connectivity index (χ4n) is 1.40. The molecule has 1 N–H and O–H groups in total. The maximum absolute atomic E-state index is 6.02. The molecule has 16 heavy (non-hydrogen) atoms. The molecule has 3 heteroatoms. The Bertz CT molecular complexity index is 326. The van der Waals surface area contributed by atoms with Crippen LogP contribution in [0.3, 0.4) is 0 Å². The molecule has 0 fully saturated rings. The van der Waals surface area contributed by atoms with Crippen molar-refractivity contribution in [3.8, 4) is 0 Å². The van der Waals surface area contributed by atoms with Gasteiger partial charge in [0.05, 0.1) is 0 Å². The summed E-state index contributed by atoms with van der Waals surface area (Å²) in [5, 5.41) is 4.01. The molecule has 90 valence electrons. The molecular formula is C13H20ClNS. The third-order valence-electron chi connectivity index (χ3n) is 2.35. The van der Waals surface area contributed by atoms with Crippen LogP contribution >= 0.6 is 23.4 Å². The average molecular weight is 258 g/mol. The molecule has 0 heterocycles. The number of hydrogen-bond donors (Lipinski definition) is 1. The third-order valence-corrected chi connectivity index (χ3v) is 3.72. The molecule has 0 aliphatic carbocycles. The topological polar surface area (TPSA) is 12.0 Å². The van der Waals surface area contributed by atoms with Crippen LogP contribution in [-0.2, 0) is 6.54 Å². The van der Waals surface area contributed by atoms with Gasteiger partial charge in [-0.05, 0) is 42.8 Å². The van der Waals surface area contributed by atoms with Crippen molar-refractivity contribution in [1.82, 2.24) is 5.32 Å². The van der Waals surface area contributed by atoms with Crippen LogP contribution in [-0.4, -0.2) is 12.8 Å². The van der Waals surface area contributed by atoms with Crippen LogP contribution in [0.1, 0.15) is 25.8 Å². The van der Waals surface area contributed by atoms with Crippen molar-refractivity contribution in [1.29, 1.82) is 0 Å². The summed E-state index contributed by atoms with van der Waals surface area (Å²) in [4.78, 5) is 1.31. The van der Waals surface area contributed by atoms with Crippen molar-refractivity contribution in [2.24, 2.45) is 5.92 Å². The standard InChI is InChI=1S/C13H20ClNS/c1-10(2)6-7-16-13-8-12(14)5-4-11(13)9-15-3/h4-5,8,10,15H,6-7,9H2,1-3H3. The lowest BCUT2D eigenvalue weighted by Gasteiger charge is -2.10. The number of rotatable bonds is 6. The molecule has 0 bridgehead atoms. The predicted molar refractivity (Wildman–Crippen MR) is 74.4 cm³/mol. The largest absolute Gasteiger partial charge is 0.316 e. The highest BCUT2D eigenvalue weighted by Gasteiger charge is 2.04. The van der Waals surface area contributed by atoms with E-state index in [1.54, 1.807) is 0 Å². The summed E-state index contributed by atoms with van der Waals surface area (Å²) < 4.78 is 0. The van der Waals surface area contributed by atoms with Gasteiger partial charge in [-0.25, -0.2) is 0 Å². The highest BCUT2D eigenvalue weighted by atomic mass is 35.5. The molecule has 0 spiro atoms. The molecule has 1 rings (SSSR count). The molecule has 0 aliphatic heterocycles. The van der Waals surface area contributed by atoms with Gasteiger partial charge in [0.1, 0.15) is 0 Å². The smallest absolute Gasteiger partial charge is 0.0417 e. The van der Waals surface area contributed by atoms with Gasteiger partial charge < -0.3 is 5.32 Å². The molecule has 0 aliphatic rings. The Kier molecular flexibility index (Phi) is 6.25. The average Bonchev–Trinajstić information content (AvgIpc) is 2.21. The molecule has 0 radical (unpaired) electrons. The van der Waals surface area contributed by atoms with Crippen LogP contribution in [0, 0.1) is 5.92 Å². The van der Waals surface area contributed by atoms with E-state index >= 15 is 0 Å². The summed E-state index contributed by atoms with van der Waals surface area (Å²) in [7, 11) is 1.97. The lowest BCUT2D eigenvalue weighted by atomic mass is 10.2. The van der Waals surface area contributed by atoms with Crippen LogP contribution in [0.2, 0.25) is 5.02 Å². The summed E-state index contributed by atoms with van der Waals surface area (Å²) in [6, 6.07) is 6.14. The first-order valence-electron chi connectivity index (χ1n) is 5.69. The number of nitrogens with one attached hydrogen (secondary N) is 1. The number of thioether (sulfide) groups is 1. The van der Waals surface area contributed by atoms with Crippen LogP contribution < -0.4 is 5.32 Å². The zero-order valence-electron chi connectivity index (χ0n) is 10.2. The molecule has 0 amide bonds. The van der Waals surface area contributed by atoms with Crippen molar-refractivity contribution < 1.29 is 0 Å². The van der Waals surface area contributed by atoms with Gasteiger partial charge in [-0.1, -0.05) is 31.5 Å². The summed E-state index contributed by atoms with van der Waals surface area (Å²) in [5.74, 6) is 1.92. The summed E-state index contributed by atoms with van der Waals surface area (Å²) in [6.07, 6.45) is 1.25. The van der Waals surface area contributed by atoms with E-state index in [2.05, 4.69) is 31.3 Å². The Balaban J connectivity index is 2.64. The van der Waals surface area contributed by atoms with Crippen molar-refractivity contribution in [2.75, 3.05) is 12.8 Å². The Labute approximate surface area is 108 Å². The fraction of sp³-hybridized carbons (Fsp3) is 0.538. The molecule has 1 aromatic carbocycles. The van der Waals surface area contributed by atoms with Gasteiger partial charge in [-0.2, -0.15) is 0 Å². The molecule has 0 aromatic heterocycles. The van der Waals surface area contributed by atoms with Crippen molar-refractivity contribution in [3.05, 3.63) is 28.8 Å². The van der Waals surface area contributed by atoms with E-state index in [1.807, 2.05) is 24.9 Å². The van der Waals surface area contributed by atoms with Gasteiger partial charge in [0, 0.05) is 16.5 Å². The van der Waals surface area contributed by atoms with Gasteiger partial charge in [0.2, 0.25) is 0 Å². The summed E-state index contributed by atoms with van der Waals surface area (Å²) >= 11 is 7.93. The second-order valence-electron chi connectivity index (χ2n) is 4.31. The first-order chi connectivity index (χ1) is 7.63. The highest BCUT2D eigenvalue weighted by Crippen LogP contribution is 2.27. The first-order valence-corrected chi connectivity index (χ1v) is 7.05. The van der Waals surface area contributed by atoms with E-state index in [4.69, 9.17) is 11.6 Å². The molecule has 0 saturated heterocycles. The minimum Gasteiger partial charge on any atom is -0.316 e. The zero-order chi connectivity index (χ0) is 12.0. The fourth-order valence-corrected chi connectivity index (χ4v) is 2.99. The van der Waals surface area contributed by atoms with Gasteiger partial charge in [-0.3, -0.25) is 0 Å². The van der Waals surface area contributed by atoms with Gasteiger partial charge in [0.15, 0.2) is 0 Å². The maximum atomic E-state index is 6.02. The zero-order valence-corrected chi connectivity index (χ0v) is 11.8. The van der Waals surface area contributed by atoms with Crippen LogP contribution in [0.25, 0.3) is 0 Å². The van der Waals surface area contributed by atoms with Crippen LogP contribution in [0.4, 0.5) is 0 Å². The number of halogens is 1. The molecule has 1 nitrogen and oxygen atoms in total. The molecule has 0 atom stereocenters. The predicted octanol–water partition coefficient (Wildman–Crippen LogP) is 4.20. The minimum atomic E-state index is 0.763. The van der Waals surface area contributed by atoms with Gasteiger partial charge in [0.25, 0.3) is 0 Å². The number of hydrogen-bond acceptors (Lipinski definition) is 2. The second-order valence-corrected chi connectivity index (χ2v) is 5.89. The normalized spacial score (nSPS) is 11.1. The molecular weight excluding hydrogens is 238 g/mol. The Morgan fingerprint density at radius 1 is 1.38 bits per heavy atom. The van der Waals surface area contributed by atoms with Gasteiger partial charge >= 0.3 is 0 Å². The number of benzene rings is 1. The van der Waals surface area contributed by atoms with E-state index in [1.165, 1.54) is 16.9 Å². The van der Waals surface area contributed by atoms with E-state index in [0.717, 1.165) is 23.2 Å². The van der Waals surface area contributed by atoms with E-state index < -0.39 is 0 Å². The van der Waals surface area contributed by atoms with Crippen molar-refractivity contribution in [2.45, 2.75) is 31.7 Å². The van der Waals surface area contributed by atoms with Gasteiger partial charge in [-0.15, -0.1) is 11.8 Å². The Hall–Kier alpha value is -0.180. The summed E-state index contributed by atoms with van der Waals surface area (Å²) in [5.41, 5.74) is 1.33. The highest BCUT2D eigenvalue weighted by molar-refractivity contribution is 7.99. The lowest BCUT2D eigenvalue weighted by molar-refractivity contribution is 0.632. The molecule has 0 unspecified atom stereocenters. The maximum Gasteiger partial charge on any atom is 0.0417 e. The second kappa shape index (κ2) is 7.21. The quantitative estimate of drug-likeness (QED) is 0.767. The lowest BCUT2D eigenvalue weighted by Crippen LogP contribution is -2.06. The monoisotopic (exact) mass is 257 g/mol. The first kappa shape index (κ1) is 13.9. The Morgan fingerprint density at radius 3 is 2.75 bits per heavy atom. The third kappa shape index (κ3) is 4.77. The van der Waals surface area contributed by atoms with Crippen LogP contribution in [0.15, 0.2) is 23.1 Å². The van der Waals surface area contributed by atoms with Crippen molar-refractivity contribution >= 4 is 23.4 Å². The van der Waals surface area contributed by atoms with E-state index in [0.29, 0.717) is 0 Å². The molecule has 1 aromatic rings. The summed E-state index contributed by atoms with van der Waals surface area (Å²) in [6.45, 7) is 5.42. The van der Waals surface area contributed by atoms with Crippen LogP contribution in [0.5, 0.6) is 0 Å².